The van der Waals surface area contributed by atoms with Gasteiger partial charge >= 0.3 is 0 Å². The molecule has 2 fully saturated rings. The molecule has 0 aliphatic carbocycles. The summed E-state index contributed by atoms with van der Waals surface area (Å²) in [6, 6.07) is 13.6. The summed E-state index contributed by atoms with van der Waals surface area (Å²) in [7, 11) is 1.61. The van der Waals surface area contributed by atoms with Crippen LogP contribution in [0.25, 0.3) is 11.0 Å². The van der Waals surface area contributed by atoms with Crippen molar-refractivity contribution < 1.29 is 14.3 Å². The first kappa shape index (κ1) is 20.3. The van der Waals surface area contributed by atoms with Crippen molar-refractivity contribution in [3.63, 3.8) is 0 Å². The Labute approximate surface area is 193 Å². The number of Topliss-reactive ketones (excluding diaryl/α,β-unsaturated/α-hetero) is 1. The van der Waals surface area contributed by atoms with Crippen LogP contribution in [0.4, 0.5) is 11.6 Å². The number of carbonyl (C=O) groups is 1. The number of ether oxygens (including phenoxy) is 2. The Bertz CT molecular complexity index is 1210. The number of benzene rings is 2. The number of hydrogen-bond donors (Lipinski definition) is 0. The molecule has 7 nitrogen and oxygen atoms in total. The summed E-state index contributed by atoms with van der Waals surface area (Å²) in [5.41, 5.74) is 2.03. The van der Waals surface area contributed by atoms with E-state index in [0.29, 0.717) is 23.5 Å². The number of hydrogen-bond acceptors (Lipinski definition) is 7. The van der Waals surface area contributed by atoms with E-state index in [1.54, 1.807) is 13.2 Å². The molecule has 2 saturated heterocycles. The van der Waals surface area contributed by atoms with Crippen molar-refractivity contribution in [2.75, 3.05) is 43.1 Å². The fraction of sp³-hybridized carbons (Fsp3) is 0.423. The summed E-state index contributed by atoms with van der Waals surface area (Å²) in [4.78, 5) is 27.7. The van der Waals surface area contributed by atoms with Crippen LogP contribution in [-0.2, 0) is 0 Å². The predicted octanol–water partition coefficient (Wildman–Crippen LogP) is 4.24. The first-order chi connectivity index (χ1) is 16.1. The molecule has 0 amide bonds. The fourth-order valence-electron chi connectivity index (χ4n) is 5.34. The number of piperidine rings is 1. The molecule has 0 N–H and O–H groups in total. The van der Waals surface area contributed by atoms with Crippen molar-refractivity contribution in [2.24, 2.45) is 0 Å². The van der Waals surface area contributed by atoms with Gasteiger partial charge in [-0.25, -0.2) is 9.97 Å². The standard InChI is InChI=1S/C26H28N4O3/c1-32-18-8-9-23-19(16-18)22(31)17-26(33-23)10-14-30(15-11-26)25-24(29-12-4-5-13-29)27-20-6-2-3-7-21(20)28-25/h2-3,6-9,16H,4-5,10-15,17H2,1H3. The van der Waals surface area contributed by atoms with Crippen molar-refractivity contribution >= 4 is 28.5 Å². The van der Waals surface area contributed by atoms with Gasteiger partial charge in [-0.2, -0.15) is 0 Å². The fourth-order valence-corrected chi connectivity index (χ4v) is 5.34. The Hall–Kier alpha value is -3.35. The van der Waals surface area contributed by atoms with Crippen molar-refractivity contribution in [1.29, 1.82) is 0 Å². The van der Waals surface area contributed by atoms with Crippen LogP contribution >= 0.6 is 0 Å². The Kier molecular flexibility index (Phi) is 4.85. The Morgan fingerprint density at radius 3 is 2.18 bits per heavy atom. The number of nitrogens with zero attached hydrogens (tertiary/aromatic N) is 4. The lowest BCUT2D eigenvalue weighted by atomic mass is 9.82. The molecule has 1 spiro atoms. The normalized spacial score (nSPS) is 19.6. The molecule has 4 heterocycles. The van der Waals surface area contributed by atoms with E-state index >= 15 is 0 Å². The third-order valence-electron chi connectivity index (χ3n) is 7.21. The minimum absolute atomic E-state index is 0.131. The maximum absolute atomic E-state index is 13.0. The van der Waals surface area contributed by atoms with Crippen molar-refractivity contribution in [3.8, 4) is 11.5 Å². The topological polar surface area (TPSA) is 67.8 Å². The first-order valence-electron chi connectivity index (χ1n) is 11.8. The number of aromatic nitrogens is 2. The number of carbonyl (C=O) groups excluding carboxylic acids is 1. The van der Waals surface area contributed by atoms with Crippen LogP contribution in [-0.4, -0.2) is 54.6 Å². The van der Waals surface area contributed by atoms with Gasteiger partial charge in [-0.05, 0) is 43.2 Å². The zero-order valence-electron chi connectivity index (χ0n) is 18.9. The van der Waals surface area contributed by atoms with E-state index in [0.717, 1.165) is 61.7 Å². The molecule has 3 aromatic rings. The van der Waals surface area contributed by atoms with Crippen LogP contribution in [0.1, 0.15) is 42.5 Å². The van der Waals surface area contributed by atoms with Crippen molar-refractivity contribution in [2.45, 2.75) is 37.7 Å². The average molecular weight is 445 g/mol. The molecule has 170 valence electrons. The Morgan fingerprint density at radius 2 is 1.55 bits per heavy atom. The van der Waals surface area contributed by atoms with Crippen LogP contribution in [0, 0.1) is 0 Å². The molecular formula is C26H28N4O3. The van der Waals surface area contributed by atoms with E-state index in [1.807, 2.05) is 36.4 Å². The molecule has 0 saturated carbocycles. The van der Waals surface area contributed by atoms with E-state index in [1.165, 1.54) is 12.8 Å². The smallest absolute Gasteiger partial charge is 0.172 e. The summed E-state index contributed by atoms with van der Waals surface area (Å²) in [6.07, 6.45) is 4.34. The van der Waals surface area contributed by atoms with Crippen molar-refractivity contribution in [1.82, 2.24) is 9.97 Å². The number of rotatable bonds is 3. The number of ketones is 1. The quantitative estimate of drug-likeness (QED) is 0.598. The number of para-hydroxylation sites is 2. The monoisotopic (exact) mass is 444 g/mol. The zero-order valence-corrected chi connectivity index (χ0v) is 18.9. The maximum Gasteiger partial charge on any atom is 0.172 e. The van der Waals surface area contributed by atoms with Crippen molar-refractivity contribution in [3.05, 3.63) is 48.0 Å². The van der Waals surface area contributed by atoms with E-state index in [-0.39, 0.29) is 5.78 Å². The average Bonchev–Trinajstić information content (AvgIpc) is 3.38. The highest BCUT2D eigenvalue weighted by Crippen LogP contribution is 2.42. The summed E-state index contributed by atoms with van der Waals surface area (Å²) < 4.78 is 11.7. The van der Waals surface area contributed by atoms with Gasteiger partial charge < -0.3 is 19.3 Å². The largest absolute Gasteiger partial charge is 0.497 e. The molecule has 3 aliphatic rings. The highest BCUT2D eigenvalue weighted by Gasteiger charge is 2.43. The molecule has 6 rings (SSSR count). The molecule has 0 unspecified atom stereocenters. The molecule has 7 heteroatoms. The lowest BCUT2D eigenvalue weighted by Gasteiger charge is -2.44. The number of methoxy groups -OCH3 is 1. The predicted molar refractivity (Wildman–Crippen MR) is 128 cm³/mol. The summed E-state index contributed by atoms with van der Waals surface area (Å²) in [5.74, 6) is 3.43. The van der Waals surface area contributed by atoms with Crippen LogP contribution in [0.5, 0.6) is 11.5 Å². The number of fused-ring (bicyclic) bond motifs is 2. The summed E-state index contributed by atoms with van der Waals surface area (Å²) in [6.45, 7) is 3.62. The molecule has 2 aromatic carbocycles. The molecule has 1 aromatic heterocycles. The van der Waals surface area contributed by atoms with Gasteiger partial charge in [-0.1, -0.05) is 12.1 Å². The van der Waals surface area contributed by atoms with Gasteiger partial charge in [0.2, 0.25) is 0 Å². The number of anilines is 2. The highest BCUT2D eigenvalue weighted by atomic mass is 16.5. The lowest BCUT2D eigenvalue weighted by Crippen LogP contribution is -2.51. The lowest BCUT2D eigenvalue weighted by molar-refractivity contribution is 0.0230. The summed E-state index contributed by atoms with van der Waals surface area (Å²) in [5, 5.41) is 0. The van der Waals surface area contributed by atoms with E-state index in [4.69, 9.17) is 19.4 Å². The van der Waals surface area contributed by atoms with Crippen LogP contribution in [0.3, 0.4) is 0 Å². The van der Waals surface area contributed by atoms with Gasteiger partial charge in [0.1, 0.15) is 17.1 Å². The second-order valence-electron chi connectivity index (χ2n) is 9.29. The van der Waals surface area contributed by atoms with Gasteiger partial charge in [-0.3, -0.25) is 4.79 Å². The van der Waals surface area contributed by atoms with Gasteiger partial charge in [0.25, 0.3) is 0 Å². The second kappa shape index (κ2) is 7.90. The van der Waals surface area contributed by atoms with E-state index in [2.05, 4.69) is 9.80 Å². The Morgan fingerprint density at radius 1 is 0.909 bits per heavy atom. The molecule has 3 aliphatic heterocycles. The van der Waals surface area contributed by atoms with Gasteiger partial charge in [-0.15, -0.1) is 0 Å². The van der Waals surface area contributed by atoms with Crippen LogP contribution < -0.4 is 19.3 Å². The summed E-state index contributed by atoms with van der Waals surface area (Å²) >= 11 is 0. The van der Waals surface area contributed by atoms with Crippen LogP contribution in [0.2, 0.25) is 0 Å². The molecule has 0 radical (unpaired) electrons. The zero-order chi connectivity index (χ0) is 22.4. The molecule has 0 atom stereocenters. The molecule has 33 heavy (non-hydrogen) atoms. The first-order valence-corrected chi connectivity index (χ1v) is 11.8. The SMILES string of the molecule is COc1ccc2c(c1)C(=O)CC1(CCN(c3nc4ccccc4nc3N3CCCC3)CC1)O2. The van der Waals surface area contributed by atoms with Gasteiger partial charge in [0.05, 0.1) is 30.1 Å². The molecule has 0 bridgehead atoms. The minimum atomic E-state index is -0.451. The minimum Gasteiger partial charge on any atom is -0.497 e. The third kappa shape index (κ3) is 3.56. The highest BCUT2D eigenvalue weighted by molar-refractivity contribution is 6.00. The van der Waals surface area contributed by atoms with E-state index in [9.17, 15) is 4.79 Å². The Balaban J connectivity index is 1.28. The third-order valence-corrected chi connectivity index (χ3v) is 7.21. The van der Waals surface area contributed by atoms with E-state index < -0.39 is 5.60 Å². The van der Waals surface area contributed by atoms with Gasteiger partial charge in [0, 0.05) is 39.0 Å². The second-order valence-corrected chi connectivity index (χ2v) is 9.29. The van der Waals surface area contributed by atoms with Crippen LogP contribution in [0.15, 0.2) is 42.5 Å². The molecular weight excluding hydrogens is 416 g/mol. The van der Waals surface area contributed by atoms with Gasteiger partial charge in [0.15, 0.2) is 17.4 Å². The maximum atomic E-state index is 13.0.